The summed E-state index contributed by atoms with van der Waals surface area (Å²) in [6.07, 6.45) is 0. The molecule has 1 aromatic carbocycles. The van der Waals surface area contributed by atoms with Gasteiger partial charge < -0.3 is 15.4 Å². The van der Waals surface area contributed by atoms with Crippen molar-refractivity contribution in [2.24, 2.45) is 5.92 Å². The lowest BCUT2D eigenvalue weighted by atomic mass is 10.0. The van der Waals surface area contributed by atoms with Gasteiger partial charge in [0.05, 0.1) is 0 Å². The second-order valence-electron chi connectivity index (χ2n) is 4.48. The Morgan fingerprint density at radius 2 is 2.26 bits per heavy atom. The van der Waals surface area contributed by atoms with E-state index < -0.39 is 0 Å². The maximum Gasteiger partial charge on any atom is 0.257 e. The topological polar surface area (TPSA) is 50.4 Å². The maximum absolute atomic E-state index is 11.6. The molecule has 106 valence electrons. The lowest BCUT2D eigenvalue weighted by Crippen LogP contribution is -2.48. The minimum atomic E-state index is -0.0960. The lowest BCUT2D eigenvalue weighted by molar-refractivity contribution is -0.123. The Morgan fingerprint density at radius 3 is 2.89 bits per heavy atom. The van der Waals surface area contributed by atoms with E-state index in [1.165, 1.54) is 0 Å². The van der Waals surface area contributed by atoms with Gasteiger partial charge in [-0.2, -0.15) is 0 Å². The number of benzene rings is 1. The number of rotatable bonds is 5. The van der Waals surface area contributed by atoms with Gasteiger partial charge in [0.25, 0.3) is 5.91 Å². The maximum atomic E-state index is 11.6. The molecule has 19 heavy (non-hydrogen) atoms. The van der Waals surface area contributed by atoms with Gasteiger partial charge in [-0.15, -0.1) is 12.4 Å². The predicted molar refractivity (Wildman–Crippen MR) is 78.3 cm³/mol. The van der Waals surface area contributed by atoms with Crippen molar-refractivity contribution in [2.45, 2.75) is 6.92 Å². The average Bonchev–Trinajstić information content (AvgIpc) is 2.29. The van der Waals surface area contributed by atoms with Crippen molar-refractivity contribution in [1.29, 1.82) is 0 Å². The van der Waals surface area contributed by atoms with Gasteiger partial charge in [-0.3, -0.25) is 4.79 Å². The summed E-state index contributed by atoms with van der Waals surface area (Å²) < 4.78 is 5.45. The normalized spacial score (nSPS) is 14.2. The molecule has 0 saturated carbocycles. The van der Waals surface area contributed by atoms with E-state index in [1.807, 2.05) is 19.1 Å². The first-order valence-electron chi connectivity index (χ1n) is 6.02. The van der Waals surface area contributed by atoms with Crippen LogP contribution in [0.5, 0.6) is 5.75 Å². The molecule has 0 aliphatic carbocycles. The van der Waals surface area contributed by atoms with Crippen LogP contribution in [0.15, 0.2) is 18.2 Å². The molecule has 2 N–H and O–H groups in total. The van der Waals surface area contributed by atoms with Gasteiger partial charge in [0.15, 0.2) is 6.61 Å². The monoisotopic (exact) mass is 304 g/mol. The third-order valence-corrected chi connectivity index (χ3v) is 3.44. The van der Waals surface area contributed by atoms with Crippen LogP contribution in [0.1, 0.15) is 5.56 Å². The third-order valence-electron chi connectivity index (χ3n) is 3.03. The Balaban J connectivity index is 0.00000180. The summed E-state index contributed by atoms with van der Waals surface area (Å²) in [7, 11) is 0. The highest BCUT2D eigenvalue weighted by Crippen LogP contribution is 2.24. The largest absolute Gasteiger partial charge is 0.483 e. The van der Waals surface area contributed by atoms with E-state index >= 15 is 0 Å². The van der Waals surface area contributed by atoms with Crippen molar-refractivity contribution >= 4 is 29.9 Å². The van der Waals surface area contributed by atoms with Crippen LogP contribution in [0.2, 0.25) is 5.02 Å². The molecule has 1 heterocycles. The highest BCUT2D eigenvalue weighted by atomic mass is 35.5. The van der Waals surface area contributed by atoms with Crippen molar-refractivity contribution in [3.05, 3.63) is 28.8 Å². The Hall–Kier alpha value is -0.970. The van der Waals surface area contributed by atoms with Crippen LogP contribution in [0.3, 0.4) is 0 Å². The number of amides is 1. The summed E-state index contributed by atoms with van der Waals surface area (Å²) in [5.41, 5.74) is 0.857. The van der Waals surface area contributed by atoms with Crippen molar-refractivity contribution in [2.75, 3.05) is 26.2 Å². The van der Waals surface area contributed by atoms with Gasteiger partial charge in [0, 0.05) is 36.1 Å². The van der Waals surface area contributed by atoms with Crippen LogP contribution in [-0.4, -0.2) is 32.1 Å². The van der Waals surface area contributed by atoms with Crippen LogP contribution >= 0.6 is 24.0 Å². The number of hydrogen-bond acceptors (Lipinski definition) is 3. The Labute approximate surface area is 124 Å². The molecular weight excluding hydrogens is 287 g/mol. The van der Waals surface area contributed by atoms with E-state index in [4.69, 9.17) is 16.3 Å². The van der Waals surface area contributed by atoms with E-state index in [1.54, 1.807) is 6.07 Å². The molecule has 2 rings (SSSR count). The van der Waals surface area contributed by atoms with Crippen LogP contribution in [0.25, 0.3) is 0 Å². The fraction of sp³-hybridized carbons (Fsp3) is 0.462. The molecule has 1 aliphatic rings. The number of carbonyl (C=O) groups excluding carboxylic acids is 1. The smallest absolute Gasteiger partial charge is 0.257 e. The molecule has 1 aromatic rings. The zero-order valence-corrected chi connectivity index (χ0v) is 12.3. The summed E-state index contributed by atoms with van der Waals surface area (Å²) in [6.45, 7) is 4.57. The van der Waals surface area contributed by atoms with Crippen molar-refractivity contribution in [1.82, 2.24) is 10.6 Å². The van der Waals surface area contributed by atoms with Crippen molar-refractivity contribution in [3.63, 3.8) is 0 Å². The second kappa shape index (κ2) is 7.58. The highest BCUT2D eigenvalue weighted by Gasteiger charge is 2.17. The predicted octanol–water partition coefficient (Wildman–Crippen LogP) is 1.78. The van der Waals surface area contributed by atoms with Gasteiger partial charge in [0.1, 0.15) is 5.75 Å². The quantitative estimate of drug-likeness (QED) is 0.872. The van der Waals surface area contributed by atoms with E-state index in [9.17, 15) is 4.79 Å². The number of halogens is 2. The second-order valence-corrected chi connectivity index (χ2v) is 4.89. The molecule has 0 spiro atoms. The first-order valence-corrected chi connectivity index (χ1v) is 6.40. The number of ether oxygens (including phenoxy) is 1. The van der Waals surface area contributed by atoms with Gasteiger partial charge in [-0.05, 0) is 19.1 Å². The van der Waals surface area contributed by atoms with Crippen LogP contribution in [-0.2, 0) is 4.79 Å². The molecule has 0 radical (unpaired) electrons. The fourth-order valence-corrected chi connectivity index (χ4v) is 1.86. The first-order chi connectivity index (χ1) is 8.66. The van der Waals surface area contributed by atoms with Crippen LogP contribution < -0.4 is 15.4 Å². The molecular formula is C13H18Cl2N2O2. The summed E-state index contributed by atoms with van der Waals surface area (Å²) in [5, 5.41) is 6.66. The Morgan fingerprint density at radius 1 is 1.53 bits per heavy atom. The van der Waals surface area contributed by atoms with Crippen molar-refractivity contribution in [3.8, 4) is 5.75 Å². The molecule has 0 atom stereocenters. The molecule has 0 aromatic heterocycles. The molecule has 6 heteroatoms. The minimum Gasteiger partial charge on any atom is -0.483 e. The standard InChI is InChI=1S/C13H17ClN2O2.ClH/c1-9-11(14)3-2-4-12(9)18-8-13(17)16-7-10-5-15-6-10;/h2-4,10,15H,5-8H2,1H3,(H,16,17);1H. The Kier molecular flexibility index (Phi) is 6.42. The van der Waals surface area contributed by atoms with E-state index in [-0.39, 0.29) is 24.9 Å². The molecule has 1 amide bonds. The van der Waals surface area contributed by atoms with Gasteiger partial charge in [-0.1, -0.05) is 17.7 Å². The minimum absolute atomic E-state index is 0. The van der Waals surface area contributed by atoms with E-state index in [0.29, 0.717) is 23.2 Å². The average molecular weight is 305 g/mol. The molecule has 1 saturated heterocycles. The van der Waals surface area contributed by atoms with Gasteiger partial charge in [0.2, 0.25) is 0 Å². The molecule has 4 nitrogen and oxygen atoms in total. The number of carbonyl (C=O) groups is 1. The van der Waals surface area contributed by atoms with Crippen LogP contribution in [0, 0.1) is 12.8 Å². The fourth-order valence-electron chi connectivity index (χ4n) is 1.69. The highest BCUT2D eigenvalue weighted by molar-refractivity contribution is 6.31. The summed E-state index contributed by atoms with van der Waals surface area (Å²) in [6, 6.07) is 5.42. The van der Waals surface area contributed by atoms with Crippen LogP contribution in [0.4, 0.5) is 0 Å². The lowest BCUT2D eigenvalue weighted by Gasteiger charge is -2.27. The SMILES string of the molecule is Cc1c(Cl)cccc1OCC(=O)NCC1CNC1.Cl. The zero-order chi connectivity index (χ0) is 13.0. The third kappa shape index (κ3) is 4.56. The molecule has 0 unspecified atom stereocenters. The zero-order valence-electron chi connectivity index (χ0n) is 10.7. The summed E-state index contributed by atoms with van der Waals surface area (Å²) >= 11 is 5.97. The Bertz CT molecular complexity index is 437. The number of hydrogen-bond donors (Lipinski definition) is 2. The molecule has 1 fully saturated rings. The van der Waals surface area contributed by atoms with Gasteiger partial charge in [-0.25, -0.2) is 0 Å². The summed E-state index contributed by atoms with van der Waals surface area (Å²) in [5.74, 6) is 1.12. The molecule has 0 bridgehead atoms. The molecule has 1 aliphatic heterocycles. The van der Waals surface area contributed by atoms with E-state index in [0.717, 1.165) is 18.7 Å². The first kappa shape index (κ1) is 16.1. The summed E-state index contributed by atoms with van der Waals surface area (Å²) in [4.78, 5) is 11.6. The van der Waals surface area contributed by atoms with Crippen molar-refractivity contribution < 1.29 is 9.53 Å². The number of nitrogens with one attached hydrogen (secondary N) is 2. The van der Waals surface area contributed by atoms with E-state index in [2.05, 4.69) is 10.6 Å². The van der Waals surface area contributed by atoms with Gasteiger partial charge >= 0.3 is 0 Å².